The van der Waals surface area contributed by atoms with Crippen LogP contribution in [0.25, 0.3) is 0 Å². The summed E-state index contributed by atoms with van der Waals surface area (Å²) in [6, 6.07) is 3.02. The molecule has 0 unspecified atom stereocenters. The Morgan fingerprint density at radius 3 is 2.78 bits per heavy atom. The minimum absolute atomic E-state index is 0.0429. The molecule has 92 valence electrons. The molecule has 0 aliphatic heterocycles. The predicted molar refractivity (Wildman–Crippen MR) is 71.3 cm³/mol. The second-order valence-electron chi connectivity index (χ2n) is 3.25. The lowest BCUT2D eigenvalue weighted by molar-refractivity contribution is 0.102. The second-order valence-corrected chi connectivity index (χ2v) is 4.46. The average Bonchev–Trinajstić information content (AvgIpc) is 2.35. The number of carbonyl (C=O) groups excluding carboxylic acids is 1. The molecule has 0 aliphatic rings. The summed E-state index contributed by atoms with van der Waals surface area (Å²) in [5, 5.41) is 2.73. The summed E-state index contributed by atoms with van der Waals surface area (Å²) in [5.41, 5.74) is 5.54. The fourth-order valence-corrected chi connectivity index (χ4v) is 1.56. The Morgan fingerprint density at radius 1 is 1.33 bits per heavy atom. The van der Waals surface area contributed by atoms with Crippen molar-refractivity contribution in [1.29, 1.82) is 0 Å². The zero-order valence-electron chi connectivity index (χ0n) is 8.89. The van der Waals surface area contributed by atoms with Crippen LogP contribution in [-0.4, -0.2) is 20.9 Å². The molecule has 8 heteroatoms. The second kappa shape index (κ2) is 5.28. The minimum atomic E-state index is -0.496. The zero-order valence-corrected chi connectivity index (χ0v) is 11.2. The van der Waals surface area contributed by atoms with Crippen LogP contribution in [0, 0.1) is 0 Å². The number of nitrogens with one attached hydrogen (secondary N) is 1. The number of nitrogens with zero attached hydrogens (tertiary/aromatic N) is 3. The number of amides is 1. The van der Waals surface area contributed by atoms with E-state index in [-0.39, 0.29) is 16.5 Å². The number of hydrogen-bond acceptors (Lipinski definition) is 5. The number of carbonyl (C=O) groups is 1. The van der Waals surface area contributed by atoms with Gasteiger partial charge in [0, 0.05) is 0 Å². The van der Waals surface area contributed by atoms with E-state index in [1.807, 2.05) is 0 Å². The largest absolute Gasteiger partial charge is 0.384 e. The summed E-state index contributed by atoms with van der Waals surface area (Å²) < 4.78 is 0.570. The van der Waals surface area contributed by atoms with E-state index < -0.39 is 5.91 Å². The summed E-state index contributed by atoms with van der Waals surface area (Å²) in [7, 11) is 0. The lowest BCUT2D eigenvalue weighted by Crippen LogP contribution is -2.16. The summed E-state index contributed by atoms with van der Waals surface area (Å²) >= 11 is 9.00. The molecular formula is C10H7BrClN5O. The van der Waals surface area contributed by atoms with E-state index in [1.165, 1.54) is 24.5 Å². The Hall–Kier alpha value is -1.73. The van der Waals surface area contributed by atoms with Crippen LogP contribution in [0.2, 0.25) is 5.02 Å². The zero-order chi connectivity index (χ0) is 13.1. The van der Waals surface area contributed by atoms with Crippen LogP contribution < -0.4 is 11.1 Å². The Morgan fingerprint density at radius 2 is 2.11 bits per heavy atom. The van der Waals surface area contributed by atoms with Crippen LogP contribution in [0.4, 0.5) is 11.6 Å². The monoisotopic (exact) mass is 327 g/mol. The number of hydrogen-bond donors (Lipinski definition) is 2. The van der Waals surface area contributed by atoms with Gasteiger partial charge in [0.05, 0.1) is 17.4 Å². The van der Waals surface area contributed by atoms with Gasteiger partial charge in [0.2, 0.25) is 0 Å². The highest BCUT2D eigenvalue weighted by Crippen LogP contribution is 2.16. The molecule has 3 N–H and O–H groups in total. The Bertz CT molecular complexity index is 589. The number of nitrogens with two attached hydrogens (primary N) is 1. The highest BCUT2D eigenvalue weighted by Gasteiger charge is 2.13. The van der Waals surface area contributed by atoms with E-state index in [2.05, 4.69) is 36.2 Å². The van der Waals surface area contributed by atoms with Gasteiger partial charge < -0.3 is 11.1 Å². The summed E-state index contributed by atoms with van der Waals surface area (Å²) in [5.74, 6) is 0.0128. The quantitative estimate of drug-likeness (QED) is 0.880. The molecule has 0 saturated heterocycles. The smallest absolute Gasteiger partial charge is 0.277 e. The van der Waals surface area contributed by atoms with Gasteiger partial charge in [-0.05, 0) is 28.1 Å². The van der Waals surface area contributed by atoms with Crippen LogP contribution >= 0.6 is 27.5 Å². The number of aromatic nitrogens is 3. The van der Waals surface area contributed by atoms with Crippen LogP contribution in [0.5, 0.6) is 0 Å². The fourth-order valence-electron chi connectivity index (χ4n) is 1.17. The Labute approximate surface area is 116 Å². The highest BCUT2D eigenvalue weighted by atomic mass is 79.9. The van der Waals surface area contributed by atoms with Gasteiger partial charge in [-0.2, -0.15) is 0 Å². The van der Waals surface area contributed by atoms with Gasteiger partial charge in [-0.1, -0.05) is 11.6 Å². The third-order valence-corrected chi connectivity index (χ3v) is 2.66. The normalized spacial score (nSPS) is 10.1. The highest BCUT2D eigenvalue weighted by molar-refractivity contribution is 9.10. The van der Waals surface area contributed by atoms with Gasteiger partial charge in [-0.3, -0.25) is 4.79 Å². The Kier molecular flexibility index (Phi) is 3.73. The molecule has 1 amide bonds. The number of halogens is 2. The number of pyridine rings is 1. The first-order valence-electron chi connectivity index (χ1n) is 4.77. The van der Waals surface area contributed by atoms with E-state index in [1.54, 1.807) is 0 Å². The van der Waals surface area contributed by atoms with Crippen LogP contribution in [0.3, 0.4) is 0 Å². The number of rotatable bonds is 2. The first-order chi connectivity index (χ1) is 8.56. The summed E-state index contributed by atoms with van der Waals surface area (Å²) in [6.07, 6.45) is 2.87. The van der Waals surface area contributed by atoms with Gasteiger partial charge >= 0.3 is 0 Å². The third kappa shape index (κ3) is 2.93. The van der Waals surface area contributed by atoms with Crippen molar-refractivity contribution in [3.8, 4) is 0 Å². The van der Waals surface area contributed by atoms with Crippen molar-refractivity contribution in [2.45, 2.75) is 0 Å². The molecule has 0 fully saturated rings. The van der Waals surface area contributed by atoms with Crippen LogP contribution in [0.1, 0.15) is 10.5 Å². The molecule has 0 aliphatic carbocycles. The molecule has 2 rings (SSSR count). The van der Waals surface area contributed by atoms with Gasteiger partial charge in [-0.15, -0.1) is 0 Å². The molecule has 0 saturated carbocycles. The molecular weight excluding hydrogens is 322 g/mol. The summed E-state index contributed by atoms with van der Waals surface area (Å²) in [6.45, 7) is 0. The molecule has 18 heavy (non-hydrogen) atoms. The molecule has 0 radical (unpaired) electrons. The van der Waals surface area contributed by atoms with Crippen LogP contribution in [-0.2, 0) is 0 Å². The first kappa shape index (κ1) is 12.7. The van der Waals surface area contributed by atoms with Crippen molar-refractivity contribution >= 4 is 45.1 Å². The lowest BCUT2D eigenvalue weighted by atomic mass is 10.3. The van der Waals surface area contributed by atoms with Gasteiger partial charge in [0.25, 0.3) is 5.91 Å². The predicted octanol–water partition coefficient (Wildman–Crippen LogP) is 2.12. The van der Waals surface area contributed by atoms with E-state index in [4.69, 9.17) is 17.3 Å². The molecule has 2 heterocycles. The van der Waals surface area contributed by atoms with E-state index >= 15 is 0 Å². The first-order valence-corrected chi connectivity index (χ1v) is 5.94. The Balaban J connectivity index is 2.21. The molecule has 2 aromatic heterocycles. The SMILES string of the molecule is Nc1ccc(Cl)c(C(=O)Nc2cnc(Br)cn2)n1. The maximum Gasteiger partial charge on any atom is 0.277 e. The van der Waals surface area contributed by atoms with Crippen molar-refractivity contribution in [2.75, 3.05) is 11.1 Å². The third-order valence-electron chi connectivity index (χ3n) is 1.94. The average molecular weight is 329 g/mol. The fraction of sp³-hybridized carbons (Fsp3) is 0. The van der Waals surface area contributed by atoms with E-state index in [0.717, 1.165) is 0 Å². The van der Waals surface area contributed by atoms with Crippen molar-refractivity contribution in [1.82, 2.24) is 15.0 Å². The van der Waals surface area contributed by atoms with Crippen molar-refractivity contribution in [3.05, 3.63) is 39.8 Å². The molecule has 0 spiro atoms. The van der Waals surface area contributed by atoms with Gasteiger partial charge in [0.15, 0.2) is 5.82 Å². The minimum Gasteiger partial charge on any atom is -0.384 e. The molecule has 2 aromatic rings. The van der Waals surface area contributed by atoms with Crippen molar-refractivity contribution < 1.29 is 4.79 Å². The van der Waals surface area contributed by atoms with Gasteiger partial charge in [0.1, 0.15) is 16.1 Å². The summed E-state index contributed by atoms with van der Waals surface area (Å²) in [4.78, 5) is 23.6. The lowest BCUT2D eigenvalue weighted by Gasteiger charge is -2.05. The van der Waals surface area contributed by atoms with Crippen LogP contribution in [0.15, 0.2) is 29.1 Å². The number of anilines is 2. The standard InChI is InChI=1S/C10H7BrClN5O/c11-6-3-15-8(4-14-6)17-10(18)9-5(12)1-2-7(13)16-9/h1-4H,(H2,13,16)(H,15,17,18). The van der Waals surface area contributed by atoms with Crippen molar-refractivity contribution in [3.63, 3.8) is 0 Å². The van der Waals surface area contributed by atoms with E-state index in [0.29, 0.717) is 10.4 Å². The van der Waals surface area contributed by atoms with E-state index in [9.17, 15) is 4.79 Å². The van der Waals surface area contributed by atoms with Crippen molar-refractivity contribution in [2.24, 2.45) is 0 Å². The molecule has 0 atom stereocenters. The van der Waals surface area contributed by atoms with Gasteiger partial charge in [-0.25, -0.2) is 15.0 Å². The molecule has 0 bridgehead atoms. The molecule has 6 nitrogen and oxygen atoms in total. The topological polar surface area (TPSA) is 93.8 Å². The maximum atomic E-state index is 11.9. The number of nitrogen functional groups attached to an aromatic ring is 1. The maximum absolute atomic E-state index is 11.9. The molecule has 0 aromatic carbocycles.